The molecule has 9 heteroatoms. The molecule has 8 nitrogen and oxygen atoms in total. The van der Waals surface area contributed by atoms with Gasteiger partial charge >= 0.3 is 0 Å². The first kappa shape index (κ1) is 16.9. The number of nitrogens with zero attached hydrogens (tertiary/aromatic N) is 6. The Morgan fingerprint density at radius 1 is 1.07 bits per heavy atom. The van der Waals surface area contributed by atoms with Gasteiger partial charge in [-0.15, -0.1) is 15.3 Å². The quantitative estimate of drug-likeness (QED) is 0.565. The molecule has 1 atom stereocenters. The molecule has 3 aromatic heterocycles. The molecule has 4 heterocycles. The van der Waals surface area contributed by atoms with Crippen molar-refractivity contribution < 1.29 is 4.79 Å². The highest BCUT2D eigenvalue weighted by atomic mass is 35.5. The maximum absolute atomic E-state index is 12.5. The van der Waals surface area contributed by atoms with Gasteiger partial charge in [0.1, 0.15) is 5.82 Å². The SMILES string of the molecule is Cc1nn(-c2ccc3nnc(C)n3n2)c2c1[C@@H](c1ccc(Cl)cc1)CC(=O)N2. The maximum atomic E-state index is 12.5. The van der Waals surface area contributed by atoms with Gasteiger partial charge in [-0.05, 0) is 43.7 Å². The normalized spacial score (nSPS) is 16.2. The average Bonchev–Trinajstić information content (AvgIpc) is 3.22. The van der Waals surface area contributed by atoms with Crippen LogP contribution in [-0.4, -0.2) is 35.5 Å². The largest absolute Gasteiger partial charge is 0.310 e. The van der Waals surface area contributed by atoms with E-state index in [4.69, 9.17) is 11.6 Å². The van der Waals surface area contributed by atoms with Crippen molar-refractivity contribution in [1.82, 2.24) is 29.6 Å². The zero-order chi connectivity index (χ0) is 19.4. The van der Waals surface area contributed by atoms with Crippen LogP contribution < -0.4 is 5.32 Å². The van der Waals surface area contributed by atoms with Crippen LogP contribution >= 0.6 is 11.6 Å². The Morgan fingerprint density at radius 3 is 2.64 bits per heavy atom. The van der Waals surface area contributed by atoms with Crippen LogP contribution in [0.3, 0.4) is 0 Å². The average molecular weight is 394 g/mol. The fraction of sp³-hybridized carbons (Fsp3) is 0.211. The van der Waals surface area contributed by atoms with Crippen LogP contribution in [0, 0.1) is 13.8 Å². The van der Waals surface area contributed by atoms with Crippen molar-refractivity contribution in [3.8, 4) is 5.82 Å². The summed E-state index contributed by atoms with van der Waals surface area (Å²) in [6.07, 6.45) is 0.359. The summed E-state index contributed by atoms with van der Waals surface area (Å²) in [5.41, 5.74) is 3.52. The predicted octanol–water partition coefficient (Wildman–Crippen LogP) is 3.05. The zero-order valence-electron chi connectivity index (χ0n) is 15.2. The second-order valence-electron chi connectivity index (χ2n) is 6.82. The minimum atomic E-state index is -0.0878. The van der Waals surface area contributed by atoms with E-state index >= 15 is 0 Å². The molecule has 0 aliphatic carbocycles. The molecule has 0 saturated heterocycles. The fourth-order valence-corrected chi connectivity index (χ4v) is 3.82. The number of carbonyl (C=O) groups excluding carboxylic acids is 1. The lowest BCUT2D eigenvalue weighted by atomic mass is 9.86. The number of fused-ring (bicyclic) bond motifs is 2. The molecule has 0 spiro atoms. The third-order valence-corrected chi connectivity index (χ3v) is 5.25. The van der Waals surface area contributed by atoms with Gasteiger partial charge in [0.15, 0.2) is 17.3 Å². The van der Waals surface area contributed by atoms with Gasteiger partial charge in [0.25, 0.3) is 0 Å². The Balaban J connectivity index is 1.68. The number of anilines is 1. The molecule has 4 aromatic rings. The molecule has 28 heavy (non-hydrogen) atoms. The van der Waals surface area contributed by atoms with E-state index in [9.17, 15) is 4.79 Å². The summed E-state index contributed by atoms with van der Waals surface area (Å²) in [6.45, 7) is 3.78. The number of rotatable bonds is 2. The number of aromatic nitrogens is 6. The van der Waals surface area contributed by atoms with Crippen molar-refractivity contribution >= 4 is 29.0 Å². The Kier molecular flexibility index (Phi) is 3.70. The van der Waals surface area contributed by atoms with Gasteiger partial charge in [-0.25, -0.2) is 0 Å². The molecule has 1 amide bonds. The molecule has 0 bridgehead atoms. The Hall–Kier alpha value is -3.26. The van der Waals surface area contributed by atoms with Crippen molar-refractivity contribution in [1.29, 1.82) is 0 Å². The molecule has 5 rings (SSSR count). The lowest BCUT2D eigenvalue weighted by Crippen LogP contribution is -2.25. The molecule has 140 valence electrons. The molecule has 0 radical (unpaired) electrons. The van der Waals surface area contributed by atoms with Gasteiger partial charge in [0.2, 0.25) is 5.91 Å². The van der Waals surface area contributed by atoms with Crippen molar-refractivity contribution in [3.05, 3.63) is 64.1 Å². The minimum absolute atomic E-state index is 0.0600. The summed E-state index contributed by atoms with van der Waals surface area (Å²) in [5.74, 6) is 1.76. The van der Waals surface area contributed by atoms with E-state index in [1.54, 1.807) is 9.20 Å². The predicted molar refractivity (Wildman–Crippen MR) is 104 cm³/mol. The van der Waals surface area contributed by atoms with Crippen molar-refractivity contribution in [2.75, 3.05) is 5.32 Å². The van der Waals surface area contributed by atoms with Gasteiger partial charge < -0.3 is 5.32 Å². The summed E-state index contributed by atoms with van der Waals surface area (Å²) < 4.78 is 3.32. The van der Waals surface area contributed by atoms with Gasteiger partial charge in [-0.2, -0.15) is 14.3 Å². The molecule has 0 unspecified atom stereocenters. The van der Waals surface area contributed by atoms with Crippen LogP contribution in [0.1, 0.15) is 35.0 Å². The summed E-state index contributed by atoms with van der Waals surface area (Å²) in [7, 11) is 0. The number of nitrogens with one attached hydrogen (secondary N) is 1. The first-order chi connectivity index (χ1) is 13.5. The lowest BCUT2D eigenvalue weighted by Gasteiger charge is -2.24. The highest BCUT2D eigenvalue weighted by molar-refractivity contribution is 6.30. The topological polar surface area (TPSA) is 90.0 Å². The highest BCUT2D eigenvalue weighted by Crippen LogP contribution is 2.40. The van der Waals surface area contributed by atoms with Gasteiger partial charge in [0.05, 0.1) is 5.69 Å². The van der Waals surface area contributed by atoms with E-state index in [-0.39, 0.29) is 11.8 Å². The van der Waals surface area contributed by atoms with Crippen molar-refractivity contribution in [2.45, 2.75) is 26.2 Å². The maximum Gasteiger partial charge on any atom is 0.226 e. The number of halogens is 1. The number of aryl methyl sites for hydroxylation is 2. The molecule has 1 aliphatic rings. The Bertz CT molecular complexity index is 1230. The molecule has 1 N–H and O–H groups in total. The number of carbonyl (C=O) groups is 1. The number of hydrogen-bond acceptors (Lipinski definition) is 5. The van der Waals surface area contributed by atoms with Crippen LogP contribution in [0.2, 0.25) is 5.02 Å². The third-order valence-electron chi connectivity index (χ3n) is 5.00. The van der Waals surface area contributed by atoms with Crippen LogP contribution in [0.25, 0.3) is 11.5 Å². The number of hydrogen-bond donors (Lipinski definition) is 1. The first-order valence-corrected chi connectivity index (χ1v) is 9.23. The molecule has 0 saturated carbocycles. The molecule has 0 fully saturated rings. The van der Waals surface area contributed by atoms with E-state index in [1.807, 2.05) is 50.2 Å². The van der Waals surface area contributed by atoms with Gasteiger partial charge in [-0.1, -0.05) is 23.7 Å². The van der Waals surface area contributed by atoms with Crippen LogP contribution in [0.4, 0.5) is 5.82 Å². The van der Waals surface area contributed by atoms with E-state index in [2.05, 4.69) is 25.7 Å². The second-order valence-corrected chi connectivity index (χ2v) is 7.26. The molecular formula is C19H16ClN7O. The highest BCUT2D eigenvalue weighted by Gasteiger charge is 2.33. The standard InChI is InChI=1S/C19H16ClN7O/c1-10-18-14(12-3-5-13(20)6-4-12)9-17(28)21-19(18)27(24-10)16-8-7-15-23-22-11(2)26(15)25-16/h3-8,14H,9H2,1-2H3,(H,21,28)/t14-/m1/s1. The van der Waals surface area contributed by atoms with Gasteiger partial charge in [0, 0.05) is 22.9 Å². The molecular weight excluding hydrogens is 378 g/mol. The molecule has 1 aromatic carbocycles. The fourth-order valence-electron chi connectivity index (χ4n) is 3.69. The van der Waals surface area contributed by atoms with E-state index < -0.39 is 0 Å². The number of amides is 1. The van der Waals surface area contributed by atoms with Crippen LogP contribution in [0.15, 0.2) is 36.4 Å². The monoisotopic (exact) mass is 393 g/mol. The van der Waals surface area contributed by atoms with Crippen LogP contribution in [-0.2, 0) is 4.79 Å². The Labute approximate surface area is 165 Å². The van der Waals surface area contributed by atoms with Crippen LogP contribution in [0.5, 0.6) is 0 Å². The summed E-state index contributed by atoms with van der Waals surface area (Å²) in [6, 6.07) is 11.2. The smallest absolute Gasteiger partial charge is 0.226 e. The minimum Gasteiger partial charge on any atom is -0.310 e. The summed E-state index contributed by atoms with van der Waals surface area (Å²) in [5, 5.41) is 21.0. The number of benzene rings is 1. The van der Waals surface area contributed by atoms with Crippen molar-refractivity contribution in [2.24, 2.45) is 0 Å². The van der Waals surface area contributed by atoms with Crippen molar-refractivity contribution in [3.63, 3.8) is 0 Å². The molecule has 1 aliphatic heterocycles. The van der Waals surface area contributed by atoms with E-state index in [0.717, 1.165) is 16.8 Å². The van der Waals surface area contributed by atoms with Gasteiger partial charge in [-0.3, -0.25) is 4.79 Å². The van der Waals surface area contributed by atoms with E-state index in [0.29, 0.717) is 34.6 Å². The second kappa shape index (κ2) is 6.13. The third kappa shape index (κ3) is 2.56. The zero-order valence-corrected chi connectivity index (χ0v) is 16.0. The first-order valence-electron chi connectivity index (χ1n) is 8.85. The van der Waals surface area contributed by atoms with E-state index in [1.165, 1.54) is 0 Å². The Morgan fingerprint density at radius 2 is 1.86 bits per heavy atom. The lowest BCUT2D eigenvalue weighted by molar-refractivity contribution is -0.116. The summed E-state index contributed by atoms with van der Waals surface area (Å²) in [4.78, 5) is 12.5. The summed E-state index contributed by atoms with van der Waals surface area (Å²) >= 11 is 6.03.